The zero-order valence-corrected chi connectivity index (χ0v) is 11.6. The topological polar surface area (TPSA) is 37.8 Å². The molecule has 90 valence electrons. The average molecular weight is 239 g/mol. The molecule has 0 aliphatic carbocycles. The van der Waals surface area contributed by atoms with Crippen molar-refractivity contribution < 1.29 is 0 Å². The summed E-state index contributed by atoms with van der Waals surface area (Å²) in [7, 11) is 0. The van der Waals surface area contributed by atoms with Gasteiger partial charge in [0.1, 0.15) is 0 Å². The molecule has 0 amide bonds. The maximum absolute atomic E-state index is 4.17. The number of hydrogen-bond acceptors (Lipinski definition) is 4. The number of nitrogens with one attached hydrogen (secondary N) is 1. The largest absolute Gasteiger partial charge is 0.252 e. The minimum Gasteiger partial charge on any atom is -0.252 e. The molecule has 0 saturated carbocycles. The first-order chi connectivity index (χ1) is 7.29. The van der Waals surface area contributed by atoms with Crippen LogP contribution in [-0.2, 0) is 0 Å². The molecule has 0 unspecified atom stereocenters. The fourth-order valence-corrected chi connectivity index (χ4v) is 2.55. The number of rotatable bonds is 4. The number of hydrogen-bond donors (Lipinski definition) is 1. The lowest BCUT2D eigenvalue weighted by Gasteiger charge is -2.32. The van der Waals surface area contributed by atoms with Crippen LogP contribution in [0.25, 0.3) is 0 Å². The summed E-state index contributed by atoms with van der Waals surface area (Å²) in [4.78, 5) is 8.34. The first-order valence-electron chi connectivity index (χ1n) is 5.50. The van der Waals surface area contributed by atoms with Gasteiger partial charge in [0.05, 0.1) is 0 Å². The van der Waals surface area contributed by atoms with Gasteiger partial charge in [0.2, 0.25) is 5.16 Å². The molecule has 1 N–H and O–H groups in total. The Hall–Kier alpha value is -0.610. The van der Waals surface area contributed by atoms with Crippen LogP contribution in [0.3, 0.4) is 0 Å². The highest BCUT2D eigenvalue weighted by Crippen LogP contribution is 2.28. The summed E-state index contributed by atoms with van der Waals surface area (Å²) < 4.78 is 3.42. The molecular weight excluding hydrogens is 218 g/mol. The van der Waals surface area contributed by atoms with E-state index in [9.17, 15) is 0 Å². The fourth-order valence-electron chi connectivity index (χ4n) is 1.88. The molecule has 0 spiro atoms. The monoisotopic (exact) mass is 239 g/mol. The van der Waals surface area contributed by atoms with Gasteiger partial charge in [-0.05, 0) is 43.7 Å². The van der Waals surface area contributed by atoms with Crippen molar-refractivity contribution in [2.45, 2.75) is 51.7 Å². The van der Waals surface area contributed by atoms with Crippen molar-refractivity contribution in [3.8, 4) is 0 Å². The van der Waals surface area contributed by atoms with E-state index in [4.69, 9.17) is 0 Å². The van der Waals surface area contributed by atoms with E-state index >= 15 is 0 Å². The minimum atomic E-state index is 0.0715. The van der Waals surface area contributed by atoms with E-state index in [0.29, 0.717) is 5.41 Å². The van der Waals surface area contributed by atoms with Crippen molar-refractivity contribution in [3.05, 3.63) is 18.5 Å². The Morgan fingerprint density at radius 1 is 1.12 bits per heavy atom. The Kier molecular flexibility index (Phi) is 4.33. The Morgan fingerprint density at radius 2 is 1.69 bits per heavy atom. The van der Waals surface area contributed by atoms with Crippen LogP contribution in [0.4, 0.5) is 0 Å². The summed E-state index contributed by atoms with van der Waals surface area (Å²) in [6.07, 6.45) is 4.61. The van der Waals surface area contributed by atoms with Crippen LogP contribution in [0.5, 0.6) is 0 Å². The summed E-state index contributed by atoms with van der Waals surface area (Å²) in [6, 6.07) is 1.82. The lowest BCUT2D eigenvalue weighted by atomic mass is 9.82. The van der Waals surface area contributed by atoms with Gasteiger partial charge in [-0.2, -0.15) is 0 Å². The quantitative estimate of drug-likeness (QED) is 0.646. The lowest BCUT2D eigenvalue weighted by Crippen LogP contribution is -2.38. The van der Waals surface area contributed by atoms with Crippen molar-refractivity contribution in [2.75, 3.05) is 0 Å². The second-order valence-corrected chi connectivity index (χ2v) is 6.63. The maximum atomic E-state index is 4.17. The molecule has 0 atom stereocenters. The zero-order valence-electron chi connectivity index (χ0n) is 10.7. The molecule has 0 aliphatic rings. The second kappa shape index (κ2) is 5.15. The number of nitrogens with zero attached hydrogens (tertiary/aromatic N) is 2. The zero-order chi connectivity index (χ0) is 12.2. The third kappa shape index (κ3) is 5.47. The van der Waals surface area contributed by atoms with Gasteiger partial charge in [-0.1, -0.05) is 20.8 Å². The predicted octanol–water partition coefficient (Wildman–Crippen LogP) is 3.29. The van der Waals surface area contributed by atoms with E-state index in [1.165, 1.54) is 11.9 Å². The maximum Gasteiger partial charge on any atom is 0.202 e. The van der Waals surface area contributed by atoms with Gasteiger partial charge < -0.3 is 0 Å². The third-order valence-electron chi connectivity index (χ3n) is 1.93. The fraction of sp³-hybridized carbons (Fsp3) is 0.667. The highest BCUT2D eigenvalue weighted by molar-refractivity contribution is 7.97. The van der Waals surface area contributed by atoms with Gasteiger partial charge >= 0.3 is 0 Å². The molecule has 0 aromatic carbocycles. The van der Waals surface area contributed by atoms with E-state index in [1.54, 1.807) is 12.4 Å². The van der Waals surface area contributed by atoms with Crippen molar-refractivity contribution in [2.24, 2.45) is 5.41 Å². The highest BCUT2D eigenvalue weighted by atomic mass is 32.2. The minimum absolute atomic E-state index is 0.0715. The standard InChI is InChI=1S/C12H21N3S/c1-11(2,3)9-12(4,5)15-16-10-13-7-6-8-14-10/h6-8,15H,9H2,1-5H3. The van der Waals surface area contributed by atoms with Crippen LogP contribution in [0.15, 0.2) is 23.6 Å². The summed E-state index contributed by atoms with van der Waals surface area (Å²) in [5.74, 6) is 0. The van der Waals surface area contributed by atoms with E-state index in [1.807, 2.05) is 6.07 Å². The van der Waals surface area contributed by atoms with Crippen molar-refractivity contribution in [1.29, 1.82) is 0 Å². The van der Waals surface area contributed by atoms with Crippen molar-refractivity contribution in [3.63, 3.8) is 0 Å². The molecule has 16 heavy (non-hydrogen) atoms. The van der Waals surface area contributed by atoms with Gasteiger partial charge in [-0.25, -0.2) is 9.97 Å². The van der Waals surface area contributed by atoms with E-state index in [-0.39, 0.29) is 5.54 Å². The van der Waals surface area contributed by atoms with E-state index in [0.717, 1.165) is 11.6 Å². The molecule has 0 radical (unpaired) electrons. The Morgan fingerprint density at radius 3 is 2.19 bits per heavy atom. The van der Waals surface area contributed by atoms with Crippen molar-refractivity contribution in [1.82, 2.24) is 14.7 Å². The Labute approximate surface area is 103 Å². The molecule has 1 aromatic heterocycles. The molecule has 1 rings (SSSR count). The predicted molar refractivity (Wildman–Crippen MR) is 69.2 cm³/mol. The average Bonchev–Trinajstić information content (AvgIpc) is 2.13. The molecule has 1 heterocycles. The molecule has 0 aliphatic heterocycles. The van der Waals surface area contributed by atoms with Crippen LogP contribution >= 0.6 is 11.9 Å². The summed E-state index contributed by atoms with van der Waals surface area (Å²) in [5, 5.41) is 0.768. The summed E-state index contributed by atoms with van der Waals surface area (Å²) in [5.41, 5.74) is 0.386. The number of aromatic nitrogens is 2. The summed E-state index contributed by atoms with van der Waals surface area (Å²) in [6.45, 7) is 11.2. The third-order valence-corrected chi connectivity index (χ3v) is 2.98. The first-order valence-corrected chi connectivity index (χ1v) is 6.31. The molecule has 0 fully saturated rings. The smallest absolute Gasteiger partial charge is 0.202 e. The van der Waals surface area contributed by atoms with Crippen molar-refractivity contribution >= 4 is 11.9 Å². The molecule has 4 heteroatoms. The van der Waals surface area contributed by atoms with Crippen LogP contribution in [-0.4, -0.2) is 15.5 Å². The van der Waals surface area contributed by atoms with Crippen LogP contribution in [0, 0.1) is 5.41 Å². The highest BCUT2D eigenvalue weighted by Gasteiger charge is 2.25. The van der Waals surface area contributed by atoms with Gasteiger partial charge in [0.25, 0.3) is 0 Å². The SMILES string of the molecule is CC(C)(C)CC(C)(C)NSc1ncccn1. The first kappa shape index (κ1) is 13.5. The normalized spacial score (nSPS) is 12.8. The lowest BCUT2D eigenvalue weighted by molar-refractivity contribution is 0.273. The van der Waals surface area contributed by atoms with Gasteiger partial charge in [-0.15, -0.1) is 0 Å². The second-order valence-electron chi connectivity index (χ2n) is 5.86. The molecule has 3 nitrogen and oxygen atoms in total. The molecule has 1 aromatic rings. The van der Waals surface area contributed by atoms with Gasteiger partial charge in [0, 0.05) is 17.9 Å². The van der Waals surface area contributed by atoms with Gasteiger partial charge in [0.15, 0.2) is 0 Å². The Bertz CT molecular complexity index is 317. The Balaban J connectivity index is 2.48. The molecule has 0 saturated heterocycles. The van der Waals surface area contributed by atoms with Crippen LogP contribution in [0.2, 0.25) is 0 Å². The van der Waals surface area contributed by atoms with E-state index < -0.39 is 0 Å². The molecule has 0 bridgehead atoms. The molecular formula is C12H21N3S. The van der Waals surface area contributed by atoms with Crippen LogP contribution in [0.1, 0.15) is 41.0 Å². The van der Waals surface area contributed by atoms with E-state index in [2.05, 4.69) is 49.3 Å². The van der Waals surface area contributed by atoms with Crippen LogP contribution < -0.4 is 4.72 Å². The van der Waals surface area contributed by atoms with Gasteiger partial charge in [-0.3, -0.25) is 4.72 Å². The summed E-state index contributed by atoms with van der Waals surface area (Å²) >= 11 is 1.50.